The molecule has 1 aliphatic rings. The van der Waals surface area contributed by atoms with Crippen LogP contribution in [-0.2, 0) is 0 Å². The zero-order valence-electron chi connectivity index (χ0n) is 14.1. The van der Waals surface area contributed by atoms with E-state index >= 15 is 0 Å². The topological polar surface area (TPSA) is 27.0 Å². The Balaban J connectivity index is 0.00000157. The molecule has 0 saturated heterocycles. The van der Waals surface area contributed by atoms with Crippen molar-refractivity contribution in [2.75, 3.05) is 0 Å². The number of pyridine rings is 1. The molecule has 4 aromatic rings. The van der Waals surface area contributed by atoms with E-state index in [1.165, 1.54) is 16.3 Å². The molecule has 114 valence electrons. The van der Waals surface area contributed by atoms with Crippen molar-refractivity contribution < 1.29 is 18.9 Å². The summed E-state index contributed by atoms with van der Waals surface area (Å²) in [6.07, 6.45) is 6.17. The van der Waals surface area contributed by atoms with Gasteiger partial charge in [-0.2, -0.15) is 0 Å². The summed E-state index contributed by atoms with van der Waals surface area (Å²) in [5.74, 6) is 0. The van der Waals surface area contributed by atoms with Gasteiger partial charge in [0.2, 0.25) is 0 Å². The fourth-order valence-electron chi connectivity index (χ4n) is 3.37. The molecule has 0 bridgehead atoms. The van der Waals surface area contributed by atoms with Crippen molar-refractivity contribution in [2.45, 2.75) is 6.04 Å². The van der Waals surface area contributed by atoms with Crippen molar-refractivity contribution in [3.63, 3.8) is 0 Å². The standard InChI is InChI=1S/C22H15N2.Li/c1-2-5-18-14-19(10-7-15(18)4-1)20-12-11-17-9-8-16-6-3-13-23-21(16)22(17)24-20;/h1-14,20H;/q-1;+1. The van der Waals surface area contributed by atoms with Gasteiger partial charge in [0.15, 0.2) is 0 Å². The zero-order chi connectivity index (χ0) is 15.9. The van der Waals surface area contributed by atoms with Crippen LogP contribution in [0.3, 0.4) is 0 Å². The van der Waals surface area contributed by atoms with Gasteiger partial charge in [0.1, 0.15) is 0 Å². The number of fused-ring (bicyclic) bond motifs is 4. The number of aromatic nitrogens is 1. The molecule has 2 heterocycles. The predicted octanol–water partition coefficient (Wildman–Crippen LogP) is 3.17. The Hall–Kier alpha value is -2.53. The van der Waals surface area contributed by atoms with Crippen molar-refractivity contribution in [3.05, 3.63) is 95.4 Å². The summed E-state index contributed by atoms with van der Waals surface area (Å²) in [5, 5.41) is 8.64. The summed E-state index contributed by atoms with van der Waals surface area (Å²) < 4.78 is 0. The Labute approximate surface area is 158 Å². The first-order valence-corrected chi connectivity index (χ1v) is 8.14. The molecule has 0 aliphatic carbocycles. The summed E-state index contributed by atoms with van der Waals surface area (Å²) in [6, 6.07) is 23.3. The van der Waals surface area contributed by atoms with Gasteiger partial charge in [-0.1, -0.05) is 84.4 Å². The second kappa shape index (κ2) is 6.41. The molecule has 5 rings (SSSR count). The molecular weight excluding hydrogens is 299 g/mol. The quantitative estimate of drug-likeness (QED) is 0.496. The predicted molar refractivity (Wildman–Crippen MR) is 100 cm³/mol. The van der Waals surface area contributed by atoms with Crippen LogP contribution in [0, 0.1) is 0 Å². The van der Waals surface area contributed by atoms with Crippen LogP contribution in [0.15, 0.2) is 79.0 Å². The zero-order valence-corrected chi connectivity index (χ0v) is 14.1. The minimum absolute atomic E-state index is 0. The summed E-state index contributed by atoms with van der Waals surface area (Å²) in [4.78, 5) is 4.54. The van der Waals surface area contributed by atoms with Gasteiger partial charge in [-0.05, 0) is 27.8 Å². The molecule has 1 aromatic heterocycles. The van der Waals surface area contributed by atoms with E-state index in [2.05, 4.69) is 77.8 Å². The van der Waals surface area contributed by atoms with Crippen LogP contribution in [0.4, 0.5) is 5.69 Å². The van der Waals surface area contributed by atoms with Gasteiger partial charge in [0.05, 0.1) is 5.52 Å². The van der Waals surface area contributed by atoms with Gasteiger partial charge < -0.3 is 5.32 Å². The van der Waals surface area contributed by atoms with Gasteiger partial charge in [-0.15, -0.1) is 5.69 Å². The minimum Gasteiger partial charge on any atom is -0.673 e. The number of hydrogen-bond donors (Lipinski definition) is 0. The van der Waals surface area contributed by atoms with E-state index in [9.17, 15) is 0 Å². The molecule has 0 amide bonds. The normalized spacial score (nSPS) is 15.4. The third-order valence-corrected chi connectivity index (χ3v) is 4.62. The Morgan fingerprint density at radius 3 is 2.52 bits per heavy atom. The molecule has 0 N–H and O–H groups in total. The third kappa shape index (κ3) is 2.74. The van der Waals surface area contributed by atoms with Crippen molar-refractivity contribution in [1.29, 1.82) is 0 Å². The molecule has 0 saturated carbocycles. The first-order valence-electron chi connectivity index (χ1n) is 8.14. The Morgan fingerprint density at radius 1 is 0.800 bits per heavy atom. The van der Waals surface area contributed by atoms with Gasteiger partial charge in [0, 0.05) is 6.20 Å². The van der Waals surface area contributed by atoms with Gasteiger partial charge in [-0.25, -0.2) is 0 Å². The van der Waals surface area contributed by atoms with Crippen molar-refractivity contribution in [2.24, 2.45) is 0 Å². The average Bonchev–Trinajstić information content (AvgIpc) is 2.67. The van der Waals surface area contributed by atoms with E-state index in [-0.39, 0.29) is 24.9 Å². The fourth-order valence-corrected chi connectivity index (χ4v) is 3.37. The summed E-state index contributed by atoms with van der Waals surface area (Å²) in [6.45, 7) is 0. The maximum absolute atomic E-state index is 5.00. The molecule has 3 aromatic carbocycles. The molecule has 2 nitrogen and oxygen atoms in total. The number of rotatable bonds is 1. The molecule has 25 heavy (non-hydrogen) atoms. The Morgan fingerprint density at radius 2 is 1.60 bits per heavy atom. The monoisotopic (exact) mass is 314 g/mol. The molecule has 1 atom stereocenters. The molecule has 0 radical (unpaired) electrons. The molecule has 0 fully saturated rings. The largest absolute Gasteiger partial charge is 1.00 e. The number of nitrogens with zero attached hydrogens (tertiary/aromatic N) is 2. The number of hydrogen-bond acceptors (Lipinski definition) is 1. The average molecular weight is 314 g/mol. The smallest absolute Gasteiger partial charge is 0.673 e. The van der Waals surface area contributed by atoms with E-state index in [4.69, 9.17) is 5.32 Å². The van der Waals surface area contributed by atoms with Crippen LogP contribution in [0.5, 0.6) is 0 Å². The van der Waals surface area contributed by atoms with Crippen LogP contribution in [0.25, 0.3) is 33.1 Å². The maximum atomic E-state index is 5.00. The van der Waals surface area contributed by atoms with Crippen molar-refractivity contribution >= 4 is 33.4 Å². The summed E-state index contributed by atoms with van der Waals surface area (Å²) in [7, 11) is 0. The van der Waals surface area contributed by atoms with Crippen molar-refractivity contribution in [1.82, 2.24) is 4.98 Å². The first-order chi connectivity index (χ1) is 11.9. The van der Waals surface area contributed by atoms with E-state index in [1.54, 1.807) is 0 Å². The molecular formula is C22H15LiN2. The maximum Gasteiger partial charge on any atom is 1.00 e. The number of benzene rings is 3. The van der Waals surface area contributed by atoms with E-state index < -0.39 is 0 Å². The third-order valence-electron chi connectivity index (χ3n) is 4.62. The van der Waals surface area contributed by atoms with Crippen LogP contribution < -0.4 is 18.9 Å². The van der Waals surface area contributed by atoms with Gasteiger partial charge >= 0.3 is 18.9 Å². The molecule has 1 unspecified atom stereocenters. The second-order valence-electron chi connectivity index (χ2n) is 6.12. The van der Waals surface area contributed by atoms with E-state index in [1.807, 2.05) is 12.3 Å². The minimum atomic E-state index is 0. The van der Waals surface area contributed by atoms with Crippen molar-refractivity contribution in [3.8, 4) is 0 Å². The Kier molecular flexibility index (Phi) is 4.09. The van der Waals surface area contributed by atoms with E-state index in [0.29, 0.717) is 0 Å². The van der Waals surface area contributed by atoms with Gasteiger partial charge in [0.25, 0.3) is 0 Å². The van der Waals surface area contributed by atoms with E-state index in [0.717, 1.165) is 22.2 Å². The molecule has 1 aliphatic heterocycles. The SMILES string of the molecule is C1=CC(c2ccc3ccccc3c2)[N-]c2c1ccc1cccnc21.[Li+]. The summed E-state index contributed by atoms with van der Waals surface area (Å²) >= 11 is 0. The fraction of sp³-hybridized carbons (Fsp3) is 0.0455. The van der Waals surface area contributed by atoms with Crippen LogP contribution >= 0.6 is 0 Å². The molecule has 3 heteroatoms. The molecule has 0 spiro atoms. The summed E-state index contributed by atoms with van der Waals surface area (Å²) in [5.41, 5.74) is 4.32. The second-order valence-corrected chi connectivity index (χ2v) is 6.12. The van der Waals surface area contributed by atoms with Crippen LogP contribution in [0.1, 0.15) is 17.2 Å². The first kappa shape index (κ1) is 16.0. The van der Waals surface area contributed by atoms with Crippen LogP contribution in [0.2, 0.25) is 0 Å². The van der Waals surface area contributed by atoms with Gasteiger partial charge in [-0.3, -0.25) is 4.98 Å². The van der Waals surface area contributed by atoms with Crippen LogP contribution in [-0.4, -0.2) is 4.98 Å². The Bertz CT molecular complexity index is 1100.